The van der Waals surface area contributed by atoms with Crippen molar-refractivity contribution in [3.63, 3.8) is 0 Å². The lowest BCUT2D eigenvalue weighted by Gasteiger charge is -2.32. The molecule has 0 aromatic heterocycles. The number of benzene rings is 4. The Balaban J connectivity index is 1.57. The average Bonchev–Trinajstić information content (AvgIpc) is 2.81. The monoisotopic (exact) mass is 424 g/mol. The Bertz CT molecular complexity index is 1240. The van der Waals surface area contributed by atoms with Gasteiger partial charge in [0.2, 0.25) is 0 Å². The number of rotatable bonds is 4. The molecule has 31 heavy (non-hydrogen) atoms. The quantitative estimate of drug-likeness (QED) is 0.300. The van der Waals surface area contributed by atoms with Crippen LogP contribution in [-0.4, -0.2) is 5.78 Å². The molecule has 1 atom stereocenters. The van der Waals surface area contributed by atoms with E-state index in [1.165, 1.54) is 10.5 Å². The Kier molecular flexibility index (Phi) is 5.13. The molecule has 0 fully saturated rings. The summed E-state index contributed by atoms with van der Waals surface area (Å²) in [5, 5.41) is 0. The maximum absolute atomic E-state index is 13.3. The number of hydrogen-bond acceptors (Lipinski definition) is 2. The summed E-state index contributed by atoms with van der Waals surface area (Å²) >= 11 is 0. The molecule has 0 radical (unpaired) electrons. The fourth-order valence-corrected chi connectivity index (χ4v) is 6.54. The van der Waals surface area contributed by atoms with Crippen molar-refractivity contribution < 1.29 is 9.53 Å². The molecule has 4 aromatic carbocycles. The second-order valence-corrected chi connectivity index (χ2v) is 10.2. The molecule has 2 nitrogen and oxygen atoms in total. The summed E-state index contributed by atoms with van der Waals surface area (Å²) < 4.78 is 5.97. The first kappa shape index (κ1) is 19.7. The van der Waals surface area contributed by atoms with Crippen LogP contribution in [0.3, 0.4) is 0 Å². The van der Waals surface area contributed by atoms with Gasteiger partial charge in [-0.25, -0.2) is 0 Å². The minimum absolute atomic E-state index is 0.135. The van der Waals surface area contributed by atoms with E-state index in [2.05, 4.69) is 50.2 Å². The van der Waals surface area contributed by atoms with Crippen LogP contribution >= 0.6 is 10.9 Å². The highest BCUT2D eigenvalue weighted by Gasteiger charge is 2.30. The van der Waals surface area contributed by atoms with Gasteiger partial charge >= 0.3 is 0 Å². The van der Waals surface area contributed by atoms with E-state index in [1.807, 2.05) is 60.7 Å². The van der Waals surface area contributed by atoms with E-state index >= 15 is 0 Å². The second-order valence-electron chi connectivity index (χ2n) is 8.02. The summed E-state index contributed by atoms with van der Waals surface area (Å²) in [5.41, 5.74) is 2.88. The lowest BCUT2D eigenvalue weighted by Crippen LogP contribution is -2.13. The normalized spacial score (nSPS) is 16.0. The van der Waals surface area contributed by atoms with Gasteiger partial charge in [0.15, 0.2) is 5.78 Å². The van der Waals surface area contributed by atoms with Crippen molar-refractivity contribution in [1.29, 1.82) is 0 Å². The van der Waals surface area contributed by atoms with Crippen LogP contribution in [0.25, 0.3) is 0 Å². The molecular weight excluding hydrogens is 400 g/mol. The second kappa shape index (κ2) is 8.09. The van der Waals surface area contributed by atoms with Crippen LogP contribution in [0.2, 0.25) is 0 Å². The van der Waals surface area contributed by atoms with Gasteiger partial charge in [-0.1, -0.05) is 50.2 Å². The molecule has 5 rings (SSSR count). The molecule has 0 aliphatic carbocycles. The zero-order chi connectivity index (χ0) is 21.4. The van der Waals surface area contributed by atoms with Gasteiger partial charge < -0.3 is 4.74 Å². The number of para-hydroxylation sites is 1. The van der Waals surface area contributed by atoms with Crippen LogP contribution in [0.4, 0.5) is 0 Å². The molecule has 0 saturated carbocycles. The van der Waals surface area contributed by atoms with E-state index in [0.29, 0.717) is 5.92 Å². The van der Waals surface area contributed by atoms with Crippen LogP contribution < -0.4 is 4.74 Å². The van der Waals surface area contributed by atoms with Crippen LogP contribution in [0.1, 0.15) is 41.3 Å². The minimum Gasteiger partial charge on any atom is -0.457 e. The molecule has 0 amide bonds. The molecule has 0 N–H and O–H groups in total. The Morgan fingerprint density at radius 1 is 0.677 bits per heavy atom. The van der Waals surface area contributed by atoms with Gasteiger partial charge in [-0.3, -0.25) is 4.79 Å². The molecule has 0 bridgehead atoms. The van der Waals surface area contributed by atoms with E-state index in [9.17, 15) is 4.79 Å². The van der Waals surface area contributed by atoms with Crippen LogP contribution in [-0.2, 0) is 0 Å². The van der Waals surface area contributed by atoms with Gasteiger partial charge in [-0.15, -0.1) is 0 Å². The molecule has 3 heteroatoms. The summed E-state index contributed by atoms with van der Waals surface area (Å²) in [7, 11) is -0.805. The molecule has 154 valence electrons. The number of carbonyl (C=O) groups excluding carboxylic acids is 1. The standard InChI is InChI=1S/C28H24O2S/c1-19(2)20-12-17-27-25(18-20)28(29)24-10-6-7-11-26(24)31(27)23-15-13-22(14-16-23)30-21-8-4-3-5-9-21/h3-19,31H,1-2H3. The van der Waals surface area contributed by atoms with Crippen LogP contribution in [0, 0.1) is 0 Å². The summed E-state index contributed by atoms with van der Waals surface area (Å²) in [6.45, 7) is 4.33. The van der Waals surface area contributed by atoms with Gasteiger partial charge in [0, 0.05) is 20.9 Å². The zero-order valence-corrected chi connectivity index (χ0v) is 18.5. The Morgan fingerprint density at radius 3 is 2.06 bits per heavy atom. The van der Waals surface area contributed by atoms with E-state index in [4.69, 9.17) is 4.74 Å². The Hall–Kier alpha value is -3.30. The predicted octanol–water partition coefficient (Wildman–Crippen LogP) is 7.63. The zero-order valence-electron chi connectivity index (χ0n) is 17.6. The topological polar surface area (TPSA) is 26.3 Å². The van der Waals surface area contributed by atoms with E-state index < -0.39 is 10.9 Å². The maximum Gasteiger partial charge on any atom is 0.195 e. The third kappa shape index (κ3) is 3.66. The largest absolute Gasteiger partial charge is 0.457 e. The lowest BCUT2D eigenvalue weighted by molar-refractivity contribution is 0.103. The summed E-state index contributed by atoms with van der Waals surface area (Å²) in [4.78, 5) is 16.8. The van der Waals surface area contributed by atoms with Crippen molar-refractivity contribution in [2.75, 3.05) is 0 Å². The SMILES string of the molecule is CC(C)c1ccc2c(c1)C(=O)c1ccccc1[SH]2c1ccc(Oc2ccccc2)cc1. The number of fused-ring (bicyclic) bond motifs is 2. The van der Waals surface area contributed by atoms with Gasteiger partial charge in [0.1, 0.15) is 11.5 Å². The van der Waals surface area contributed by atoms with Crippen molar-refractivity contribution in [1.82, 2.24) is 0 Å². The highest BCUT2D eigenvalue weighted by molar-refractivity contribution is 8.17. The van der Waals surface area contributed by atoms with Gasteiger partial charge in [-0.2, -0.15) is 10.9 Å². The van der Waals surface area contributed by atoms with Crippen molar-refractivity contribution in [3.8, 4) is 11.5 Å². The maximum atomic E-state index is 13.3. The van der Waals surface area contributed by atoms with Crippen LogP contribution in [0.15, 0.2) is 112 Å². The van der Waals surface area contributed by atoms with Crippen molar-refractivity contribution in [3.05, 3.63) is 114 Å². The van der Waals surface area contributed by atoms with E-state index in [0.717, 1.165) is 32.4 Å². The fraction of sp³-hybridized carbons (Fsp3) is 0.107. The molecule has 0 saturated heterocycles. The third-order valence-electron chi connectivity index (χ3n) is 5.64. The highest BCUT2D eigenvalue weighted by Crippen LogP contribution is 2.57. The molecule has 0 spiro atoms. The van der Waals surface area contributed by atoms with Crippen molar-refractivity contribution in [2.24, 2.45) is 0 Å². The van der Waals surface area contributed by atoms with E-state index in [1.54, 1.807) is 0 Å². The number of carbonyl (C=O) groups is 1. The first-order valence-corrected chi connectivity index (χ1v) is 11.9. The van der Waals surface area contributed by atoms with Gasteiger partial charge in [0.25, 0.3) is 0 Å². The number of ketones is 1. The Labute approximate surface area is 185 Å². The predicted molar refractivity (Wildman–Crippen MR) is 127 cm³/mol. The first-order valence-electron chi connectivity index (χ1n) is 10.5. The minimum atomic E-state index is -0.805. The van der Waals surface area contributed by atoms with Crippen molar-refractivity contribution in [2.45, 2.75) is 34.5 Å². The summed E-state index contributed by atoms with van der Waals surface area (Å²) in [5.74, 6) is 2.15. The molecule has 1 heterocycles. The third-order valence-corrected chi connectivity index (χ3v) is 8.19. The molecule has 1 unspecified atom stereocenters. The number of thiol groups is 1. The average molecular weight is 425 g/mol. The van der Waals surface area contributed by atoms with Gasteiger partial charge in [0.05, 0.1) is 0 Å². The number of hydrogen-bond donors (Lipinski definition) is 1. The first-order chi connectivity index (χ1) is 15.1. The highest BCUT2D eigenvalue weighted by atomic mass is 32.2. The molecule has 1 aliphatic rings. The molecular formula is C28H24O2S. The Morgan fingerprint density at radius 2 is 1.32 bits per heavy atom. The van der Waals surface area contributed by atoms with Crippen LogP contribution in [0.5, 0.6) is 11.5 Å². The molecule has 4 aromatic rings. The van der Waals surface area contributed by atoms with Gasteiger partial charge in [-0.05, 0) is 77.0 Å². The summed E-state index contributed by atoms with van der Waals surface area (Å²) in [6, 6.07) is 32.6. The number of ether oxygens (including phenoxy) is 1. The fourth-order valence-electron chi connectivity index (χ4n) is 3.99. The summed E-state index contributed by atoms with van der Waals surface area (Å²) in [6.07, 6.45) is 0. The van der Waals surface area contributed by atoms with Crippen molar-refractivity contribution >= 4 is 16.7 Å². The lowest BCUT2D eigenvalue weighted by atomic mass is 9.96. The van der Waals surface area contributed by atoms with E-state index in [-0.39, 0.29) is 5.78 Å². The molecule has 1 aliphatic heterocycles. The smallest absolute Gasteiger partial charge is 0.195 e.